The summed E-state index contributed by atoms with van der Waals surface area (Å²) in [6, 6.07) is 4.47. The summed E-state index contributed by atoms with van der Waals surface area (Å²) in [6.07, 6.45) is 5.08. The second-order valence-electron chi connectivity index (χ2n) is 6.43. The van der Waals surface area contributed by atoms with Gasteiger partial charge < -0.3 is 5.32 Å². The molecule has 10 heteroatoms. The number of amides is 1. The normalized spacial score (nSPS) is 11.0. The summed E-state index contributed by atoms with van der Waals surface area (Å²) < 4.78 is 42.5. The first kappa shape index (κ1) is 19.8. The molecule has 0 bridgehead atoms. The first-order chi connectivity index (χ1) is 14.3. The van der Waals surface area contributed by atoms with E-state index in [-0.39, 0.29) is 5.82 Å². The summed E-state index contributed by atoms with van der Waals surface area (Å²) in [4.78, 5) is 21.6. The van der Waals surface area contributed by atoms with E-state index in [0.29, 0.717) is 12.1 Å². The number of thiazole rings is 1. The second kappa shape index (κ2) is 7.71. The number of carbonyl (C=O) groups is 1. The third kappa shape index (κ3) is 3.69. The summed E-state index contributed by atoms with van der Waals surface area (Å²) in [7, 11) is 0. The minimum atomic E-state index is -1.55. The zero-order valence-electron chi connectivity index (χ0n) is 15.8. The van der Waals surface area contributed by atoms with E-state index in [1.807, 2.05) is 20.0 Å². The highest BCUT2D eigenvalue weighted by Crippen LogP contribution is 2.26. The van der Waals surface area contributed by atoms with Gasteiger partial charge in [-0.3, -0.25) is 4.79 Å². The summed E-state index contributed by atoms with van der Waals surface area (Å²) in [6.45, 7) is 3.80. The fourth-order valence-corrected chi connectivity index (χ4v) is 3.52. The maximum atomic E-state index is 13.8. The highest BCUT2D eigenvalue weighted by atomic mass is 32.1. The van der Waals surface area contributed by atoms with Gasteiger partial charge in [0, 0.05) is 34.6 Å². The fraction of sp³-hybridized carbons (Fsp3) is 0.100. The Bertz CT molecular complexity index is 1250. The lowest BCUT2D eigenvalue weighted by atomic mass is 10.1. The van der Waals surface area contributed by atoms with E-state index in [1.54, 1.807) is 16.9 Å². The number of aromatic nitrogens is 4. The van der Waals surface area contributed by atoms with Crippen LogP contribution in [-0.4, -0.2) is 25.7 Å². The Morgan fingerprint density at radius 3 is 2.47 bits per heavy atom. The van der Waals surface area contributed by atoms with Crippen LogP contribution in [0.4, 0.5) is 19.0 Å². The molecule has 30 heavy (non-hydrogen) atoms. The van der Waals surface area contributed by atoms with Gasteiger partial charge in [0.1, 0.15) is 17.2 Å². The molecule has 1 aromatic carbocycles. The Labute approximate surface area is 173 Å². The SMILES string of the molecule is Cc1cnc(-n2cc(-c3ccc(NC(=O)c4c(F)ccc(F)c4F)nc3)c(C)n2)s1. The molecule has 0 saturated carbocycles. The molecule has 0 fully saturated rings. The van der Waals surface area contributed by atoms with Crippen molar-refractivity contribution >= 4 is 23.1 Å². The van der Waals surface area contributed by atoms with Gasteiger partial charge in [0.05, 0.1) is 5.69 Å². The van der Waals surface area contributed by atoms with Crippen molar-refractivity contribution in [3.05, 3.63) is 76.4 Å². The molecule has 0 aliphatic rings. The highest BCUT2D eigenvalue weighted by molar-refractivity contribution is 7.13. The number of aryl methyl sites for hydroxylation is 2. The van der Waals surface area contributed by atoms with Crippen molar-refractivity contribution in [3.63, 3.8) is 0 Å². The number of nitrogens with one attached hydrogen (secondary N) is 1. The molecule has 3 aromatic heterocycles. The Morgan fingerprint density at radius 1 is 1.03 bits per heavy atom. The van der Waals surface area contributed by atoms with Crippen molar-refractivity contribution < 1.29 is 18.0 Å². The zero-order chi connectivity index (χ0) is 21.4. The molecule has 4 rings (SSSR count). The number of halogens is 3. The zero-order valence-corrected chi connectivity index (χ0v) is 16.6. The van der Waals surface area contributed by atoms with Crippen LogP contribution in [0.1, 0.15) is 20.9 Å². The van der Waals surface area contributed by atoms with E-state index >= 15 is 0 Å². The molecule has 0 radical (unpaired) electrons. The number of pyridine rings is 1. The van der Waals surface area contributed by atoms with Crippen LogP contribution in [-0.2, 0) is 0 Å². The number of carbonyl (C=O) groups excluding carboxylic acids is 1. The van der Waals surface area contributed by atoms with Crippen LogP contribution in [0.3, 0.4) is 0 Å². The van der Waals surface area contributed by atoms with Gasteiger partial charge in [-0.05, 0) is 38.1 Å². The minimum Gasteiger partial charge on any atom is -0.306 e. The van der Waals surface area contributed by atoms with Gasteiger partial charge in [0.25, 0.3) is 5.91 Å². The number of hydrogen-bond acceptors (Lipinski definition) is 5. The van der Waals surface area contributed by atoms with E-state index < -0.39 is 28.9 Å². The number of anilines is 1. The summed E-state index contributed by atoms with van der Waals surface area (Å²) in [5, 5.41) is 7.46. The maximum absolute atomic E-state index is 13.8. The molecule has 3 heterocycles. The molecule has 0 aliphatic carbocycles. The van der Waals surface area contributed by atoms with Crippen molar-refractivity contribution in [3.8, 4) is 16.3 Å². The standard InChI is InChI=1S/C20H14F3N5OS/c1-10-7-25-20(30-10)28-9-13(11(2)27-28)12-3-6-16(24-8-12)26-19(29)17-14(21)4-5-15(22)18(17)23/h3-9H,1-2H3,(H,24,26,29). The van der Waals surface area contributed by atoms with Crippen LogP contribution in [0.25, 0.3) is 16.3 Å². The molecule has 0 spiro atoms. The Balaban J connectivity index is 1.56. The van der Waals surface area contributed by atoms with Crippen molar-refractivity contribution in [1.29, 1.82) is 0 Å². The predicted molar refractivity (Wildman–Crippen MR) is 106 cm³/mol. The van der Waals surface area contributed by atoms with Crippen molar-refractivity contribution in [2.45, 2.75) is 13.8 Å². The van der Waals surface area contributed by atoms with E-state index in [9.17, 15) is 18.0 Å². The maximum Gasteiger partial charge on any atom is 0.262 e. The minimum absolute atomic E-state index is 0.0624. The number of benzene rings is 1. The van der Waals surface area contributed by atoms with E-state index in [0.717, 1.165) is 26.8 Å². The predicted octanol–water partition coefficient (Wildman–Crippen LogP) is 4.68. The van der Waals surface area contributed by atoms with E-state index in [2.05, 4.69) is 20.4 Å². The van der Waals surface area contributed by atoms with Crippen LogP contribution >= 0.6 is 11.3 Å². The van der Waals surface area contributed by atoms with Crippen LogP contribution in [0.15, 0.2) is 42.9 Å². The topological polar surface area (TPSA) is 72.7 Å². The average molecular weight is 429 g/mol. The van der Waals surface area contributed by atoms with Gasteiger partial charge in [0.2, 0.25) is 5.13 Å². The number of nitrogens with zero attached hydrogens (tertiary/aromatic N) is 4. The largest absolute Gasteiger partial charge is 0.306 e. The molecular formula is C20H14F3N5OS. The molecule has 0 atom stereocenters. The lowest BCUT2D eigenvalue weighted by Crippen LogP contribution is -2.17. The van der Waals surface area contributed by atoms with Gasteiger partial charge >= 0.3 is 0 Å². The molecule has 152 valence electrons. The Morgan fingerprint density at radius 2 is 1.80 bits per heavy atom. The fourth-order valence-electron chi connectivity index (χ4n) is 2.83. The molecule has 0 unspecified atom stereocenters. The summed E-state index contributed by atoms with van der Waals surface area (Å²) in [5.74, 6) is -5.10. The van der Waals surface area contributed by atoms with Crippen molar-refractivity contribution in [2.75, 3.05) is 5.32 Å². The van der Waals surface area contributed by atoms with Gasteiger partial charge in [-0.25, -0.2) is 27.8 Å². The average Bonchev–Trinajstić information content (AvgIpc) is 3.31. The summed E-state index contributed by atoms with van der Waals surface area (Å²) >= 11 is 1.51. The molecule has 6 nitrogen and oxygen atoms in total. The highest BCUT2D eigenvalue weighted by Gasteiger charge is 2.21. The van der Waals surface area contributed by atoms with Gasteiger partial charge in [0.15, 0.2) is 11.6 Å². The molecule has 0 aliphatic heterocycles. The molecule has 1 N–H and O–H groups in total. The third-order valence-electron chi connectivity index (χ3n) is 4.29. The van der Waals surface area contributed by atoms with Gasteiger partial charge in [-0.15, -0.1) is 11.3 Å². The van der Waals surface area contributed by atoms with E-state index in [1.165, 1.54) is 23.6 Å². The van der Waals surface area contributed by atoms with Gasteiger partial charge in [-0.1, -0.05) is 0 Å². The quantitative estimate of drug-likeness (QED) is 0.478. The third-order valence-corrected chi connectivity index (χ3v) is 5.19. The lowest BCUT2D eigenvalue weighted by Gasteiger charge is -2.07. The Kier molecular flexibility index (Phi) is 5.08. The molecular weight excluding hydrogens is 415 g/mol. The first-order valence-corrected chi connectivity index (χ1v) is 9.55. The van der Waals surface area contributed by atoms with Crippen LogP contribution in [0.2, 0.25) is 0 Å². The van der Waals surface area contributed by atoms with E-state index in [4.69, 9.17) is 0 Å². The smallest absolute Gasteiger partial charge is 0.262 e. The molecule has 0 saturated heterocycles. The van der Waals surface area contributed by atoms with Crippen LogP contribution < -0.4 is 5.32 Å². The first-order valence-electron chi connectivity index (χ1n) is 8.74. The number of hydrogen-bond donors (Lipinski definition) is 1. The van der Waals surface area contributed by atoms with Crippen molar-refractivity contribution in [2.24, 2.45) is 0 Å². The molecule has 1 amide bonds. The van der Waals surface area contributed by atoms with Crippen molar-refractivity contribution in [1.82, 2.24) is 19.7 Å². The number of rotatable bonds is 4. The van der Waals surface area contributed by atoms with Crippen LogP contribution in [0, 0.1) is 31.3 Å². The Hall–Kier alpha value is -3.53. The summed E-state index contributed by atoms with van der Waals surface area (Å²) in [5.41, 5.74) is 1.30. The monoisotopic (exact) mass is 429 g/mol. The van der Waals surface area contributed by atoms with Crippen LogP contribution in [0.5, 0.6) is 0 Å². The second-order valence-corrected chi connectivity index (χ2v) is 7.64. The molecule has 4 aromatic rings. The lowest BCUT2D eigenvalue weighted by molar-refractivity contribution is 0.101. The van der Waals surface area contributed by atoms with Gasteiger partial charge in [-0.2, -0.15) is 5.10 Å².